The van der Waals surface area contributed by atoms with Gasteiger partial charge in [0.1, 0.15) is 0 Å². The third-order valence-corrected chi connectivity index (χ3v) is 5.49. The topological polar surface area (TPSA) is 24.1 Å². The summed E-state index contributed by atoms with van der Waals surface area (Å²) in [5.41, 5.74) is 4.31. The Morgan fingerprint density at radius 2 is 1.43 bits per heavy atom. The summed E-state index contributed by atoms with van der Waals surface area (Å²) in [5, 5.41) is 7.31. The van der Waals surface area contributed by atoms with Crippen molar-refractivity contribution in [3.8, 4) is 0 Å². The first-order valence-electron chi connectivity index (χ1n) is 8.41. The summed E-state index contributed by atoms with van der Waals surface area (Å²) < 4.78 is 0. The maximum Gasteiger partial charge on any atom is 0.170 e. The van der Waals surface area contributed by atoms with Crippen LogP contribution in [0.5, 0.6) is 0 Å². The summed E-state index contributed by atoms with van der Waals surface area (Å²) in [6.45, 7) is 0. The fourth-order valence-corrected chi connectivity index (χ4v) is 4.17. The monoisotopic (exact) mass is 302 g/mol. The minimum atomic E-state index is 0.716. The predicted octanol–water partition coefficient (Wildman–Crippen LogP) is 4.92. The van der Waals surface area contributed by atoms with Gasteiger partial charge >= 0.3 is 0 Å². The van der Waals surface area contributed by atoms with E-state index in [9.17, 15) is 0 Å². The van der Waals surface area contributed by atoms with Gasteiger partial charge in [-0.05, 0) is 60.9 Å². The van der Waals surface area contributed by atoms with E-state index < -0.39 is 0 Å². The normalized spacial score (nSPS) is 19.9. The summed E-state index contributed by atoms with van der Waals surface area (Å²) >= 11 is 5.38. The van der Waals surface area contributed by atoms with E-state index in [1.165, 1.54) is 68.2 Å². The SMILES string of the molecule is CNC(=S)Nc1c(C2CCCC2)cccc1C1CCCC1. The quantitative estimate of drug-likeness (QED) is 0.775. The largest absolute Gasteiger partial charge is 0.366 e. The fraction of sp³-hybridized carbons (Fsp3) is 0.611. The highest BCUT2D eigenvalue weighted by Gasteiger charge is 2.26. The molecule has 0 heterocycles. The van der Waals surface area contributed by atoms with Crippen LogP contribution in [0.3, 0.4) is 0 Å². The number of benzene rings is 1. The van der Waals surface area contributed by atoms with E-state index in [-0.39, 0.29) is 0 Å². The molecule has 114 valence electrons. The van der Waals surface area contributed by atoms with Crippen LogP contribution >= 0.6 is 12.2 Å². The van der Waals surface area contributed by atoms with Crippen LogP contribution in [-0.2, 0) is 0 Å². The van der Waals surface area contributed by atoms with Gasteiger partial charge in [-0.2, -0.15) is 0 Å². The lowest BCUT2D eigenvalue weighted by Crippen LogP contribution is -2.26. The molecule has 0 spiro atoms. The molecule has 0 saturated heterocycles. The van der Waals surface area contributed by atoms with Gasteiger partial charge in [-0.25, -0.2) is 0 Å². The van der Waals surface area contributed by atoms with E-state index in [1.54, 1.807) is 0 Å². The molecule has 0 unspecified atom stereocenters. The standard InChI is InChI=1S/C18H26N2S/c1-19-18(21)20-17-15(13-7-2-3-8-13)11-6-12-16(17)14-9-4-5-10-14/h6,11-14H,2-5,7-10H2,1H3,(H2,19,20,21). The first-order valence-corrected chi connectivity index (χ1v) is 8.82. The second-order valence-electron chi connectivity index (χ2n) is 6.48. The number of hydrogen-bond acceptors (Lipinski definition) is 1. The number of para-hydroxylation sites is 1. The van der Waals surface area contributed by atoms with Crippen LogP contribution in [0, 0.1) is 0 Å². The highest BCUT2D eigenvalue weighted by molar-refractivity contribution is 7.80. The predicted molar refractivity (Wildman–Crippen MR) is 94.1 cm³/mol. The highest BCUT2D eigenvalue weighted by atomic mass is 32.1. The Morgan fingerprint density at radius 3 is 1.86 bits per heavy atom. The molecular formula is C18H26N2S. The second-order valence-corrected chi connectivity index (χ2v) is 6.89. The number of anilines is 1. The summed E-state index contributed by atoms with van der Waals surface area (Å²) in [5.74, 6) is 1.43. The lowest BCUT2D eigenvalue weighted by atomic mass is 9.88. The zero-order chi connectivity index (χ0) is 14.7. The average Bonchev–Trinajstić information content (AvgIpc) is 3.20. The van der Waals surface area contributed by atoms with E-state index >= 15 is 0 Å². The summed E-state index contributed by atoms with van der Waals surface area (Å²) in [6.07, 6.45) is 10.8. The van der Waals surface area contributed by atoms with Crippen LogP contribution < -0.4 is 10.6 Å². The van der Waals surface area contributed by atoms with Crippen molar-refractivity contribution in [1.82, 2.24) is 5.32 Å². The highest BCUT2D eigenvalue weighted by Crippen LogP contribution is 2.44. The molecule has 3 rings (SSSR count). The van der Waals surface area contributed by atoms with Gasteiger partial charge in [-0.15, -0.1) is 0 Å². The molecular weight excluding hydrogens is 276 g/mol. The van der Waals surface area contributed by atoms with Gasteiger partial charge in [-0.1, -0.05) is 43.9 Å². The van der Waals surface area contributed by atoms with Gasteiger partial charge in [0, 0.05) is 12.7 Å². The van der Waals surface area contributed by atoms with Gasteiger partial charge in [0.15, 0.2) is 5.11 Å². The Labute approximate surface area is 133 Å². The average molecular weight is 302 g/mol. The molecule has 2 saturated carbocycles. The molecule has 2 aliphatic carbocycles. The van der Waals surface area contributed by atoms with Crippen LogP contribution in [-0.4, -0.2) is 12.2 Å². The first kappa shape index (κ1) is 14.8. The first-order chi connectivity index (χ1) is 10.3. The Bertz CT molecular complexity index is 466. The molecule has 2 fully saturated rings. The Kier molecular flexibility index (Phi) is 4.79. The summed E-state index contributed by atoms with van der Waals surface area (Å²) in [7, 11) is 1.89. The van der Waals surface area contributed by atoms with E-state index in [4.69, 9.17) is 12.2 Å². The van der Waals surface area contributed by atoms with Crippen LogP contribution in [0.1, 0.15) is 74.3 Å². The van der Waals surface area contributed by atoms with Crippen molar-refractivity contribution in [2.24, 2.45) is 0 Å². The second kappa shape index (κ2) is 6.78. The smallest absolute Gasteiger partial charge is 0.170 e. The molecule has 0 aliphatic heterocycles. The fourth-order valence-electron chi connectivity index (χ4n) is 4.06. The third kappa shape index (κ3) is 3.23. The summed E-state index contributed by atoms with van der Waals surface area (Å²) in [4.78, 5) is 0. The molecule has 2 nitrogen and oxygen atoms in total. The number of thiocarbonyl (C=S) groups is 1. The van der Waals surface area contributed by atoms with Crippen LogP contribution in [0.25, 0.3) is 0 Å². The van der Waals surface area contributed by atoms with E-state index in [2.05, 4.69) is 28.8 Å². The molecule has 2 aliphatic rings. The van der Waals surface area contributed by atoms with Gasteiger partial charge in [0.05, 0.1) is 0 Å². The van der Waals surface area contributed by atoms with Crippen molar-refractivity contribution >= 4 is 23.0 Å². The lowest BCUT2D eigenvalue weighted by molar-refractivity contribution is 0.704. The van der Waals surface area contributed by atoms with Crippen molar-refractivity contribution in [3.63, 3.8) is 0 Å². The van der Waals surface area contributed by atoms with E-state index in [1.807, 2.05) is 7.05 Å². The molecule has 2 N–H and O–H groups in total. The van der Waals surface area contributed by atoms with Crippen molar-refractivity contribution in [1.29, 1.82) is 0 Å². The number of hydrogen-bond donors (Lipinski definition) is 2. The Morgan fingerprint density at radius 1 is 0.952 bits per heavy atom. The molecule has 21 heavy (non-hydrogen) atoms. The Hall–Kier alpha value is -1.09. The van der Waals surface area contributed by atoms with Crippen molar-refractivity contribution in [3.05, 3.63) is 29.3 Å². The summed E-state index contributed by atoms with van der Waals surface area (Å²) in [6, 6.07) is 6.89. The van der Waals surface area contributed by atoms with Crippen LogP contribution in [0.4, 0.5) is 5.69 Å². The van der Waals surface area contributed by atoms with Crippen LogP contribution in [0.15, 0.2) is 18.2 Å². The molecule has 1 aromatic carbocycles. The molecule has 3 heteroatoms. The molecule has 1 aromatic rings. The zero-order valence-electron chi connectivity index (χ0n) is 13.0. The maximum absolute atomic E-state index is 5.38. The maximum atomic E-state index is 5.38. The van der Waals surface area contributed by atoms with Gasteiger partial charge in [0.25, 0.3) is 0 Å². The number of rotatable bonds is 3. The minimum Gasteiger partial charge on any atom is -0.366 e. The molecule has 0 aromatic heterocycles. The van der Waals surface area contributed by atoms with Crippen molar-refractivity contribution < 1.29 is 0 Å². The zero-order valence-corrected chi connectivity index (χ0v) is 13.8. The number of nitrogens with one attached hydrogen (secondary N) is 2. The van der Waals surface area contributed by atoms with Crippen molar-refractivity contribution in [2.45, 2.75) is 63.2 Å². The van der Waals surface area contributed by atoms with Gasteiger partial charge in [0.2, 0.25) is 0 Å². The van der Waals surface area contributed by atoms with Crippen molar-refractivity contribution in [2.75, 3.05) is 12.4 Å². The molecule has 0 radical (unpaired) electrons. The van der Waals surface area contributed by atoms with E-state index in [0.717, 1.165) is 5.11 Å². The minimum absolute atomic E-state index is 0.716. The lowest BCUT2D eigenvalue weighted by Gasteiger charge is -2.23. The van der Waals surface area contributed by atoms with Gasteiger partial charge in [-0.3, -0.25) is 0 Å². The third-order valence-electron chi connectivity index (χ3n) is 5.18. The molecule has 0 amide bonds. The molecule has 0 atom stereocenters. The van der Waals surface area contributed by atoms with E-state index in [0.29, 0.717) is 11.8 Å². The molecule has 0 bridgehead atoms. The van der Waals surface area contributed by atoms with Crippen LogP contribution in [0.2, 0.25) is 0 Å². The Balaban J connectivity index is 1.97. The van der Waals surface area contributed by atoms with Gasteiger partial charge < -0.3 is 10.6 Å².